The molecule has 0 aliphatic heterocycles. The fourth-order valence-electron chi connectivity index (χ4n) is 2.03. The molecule has 0 aromatic carbocycles. The SMILES string of the molecule is CCC(C)N(C)CCNC(=O)c1c(N)c(C)nn1CC. The Morgan fingerprint density at radius 1 is 1.50 bits per heavy atom. The number of nitrogens with one attached hydrogen (secondary N) is 1. The van der Waals surface area contributed by atoms with E-state index in [1.54, 1.807) is 4.68 Å². The van der Waals surface area contributed by atoms with Crippen molar-refractivity contribution in [3.05, 3.63) is 11.4 Å². The lowest BCUT2D eigenvalue weighted by atomic mass is 10.2. The molecule has 1 aromatic heterocycles. The van der Waals surface area contributed by atoms with Crippen LogP contribution < -0.4 is 11.1 Å². The van der Waals surface area contributed by atoms with Crippen LogP contribution in [-0.4, -0.2) is 46.8 Å². The maximum absolute atomic E-state index is 12.2. The summed E-state index contributed by atoms with van der Waals surface area (Å²) in [7, 11) is 2.06. The Labute approximate surface area is 121 Å². The first-order valence-corrected chi connectivity index (χ1v) is 7.23. The molecule has 20 heavy (non-hydrogen) atoms. The number of likely N-dealkylation sites (N-methyl/N-ethyl adjacent to an activating group) is 1. The van der Waals surface area contributed by atoms with Gasteiger partial charge in [-0.2, -0.15) is 5.10 Å². The van der Waals surface area contributed by atoms with E-state index >= 15 is 0 Å². The number of amides is 1. The number of nitrogens with two attached hydrogens (primary N) is 1. The minimum atomic E-state index is -0.150. The summed E-state index contributed by atoms with van der Waals surface area (Å²) in [6, 6.07) is 0.514. The van der Waals surface area contributed by atoms with Crippen LogP contribution in [0.4, 0.5) is 5.69 Å². The fraction of sp³-hybridized carbons (Fsp3) is 0.714. The van der Waals surface area contributed by atoms with Crippen molar-refractivity contribution in [1.82, 2.24) is 20.0 Å². The van der Waals surface area contributed by atoms with Crippen LogP contribution in [-0.2, 0) is 6.54 Å². The zero-order valence-electron chi connectivity index (χ0n) is 13.2. The van der Waals surface area contributed by atoms with Crippen LogP contribution in [0, 0.1) is 6.92 Å². The molecule has 0 aliphatic rings. The van der Waals surface area contributed by atoms with E-state index in [9.17, 15) is 4.79 Å². The molecule has 0 spiro atoms. The van der Waals surface area contributed by atoms with Crippen LogP contribution in [0.15, 0.2) is 0 Å². The van der Waals surface area contributed by atoms with Gasteiger partial charge in [0.1, 0.15) is 5.69 Å². The Balaban J connectivity index is 2.60. The van der Waals surface area contributed by atoms with Gasteiger partial charge in [-0.05, 0) is 34.2 Å². The van der Waals surface area contributed by atoms with Crippen LogP contribution in [0.3, 0.4) is 0 Å². The molecule has 0 radical (unpaired) electrons. The van der Waals surface area contributed by atoms with E-state index in [0.717, 1.165) is 13.0 Å². The lowest BCUT2D eigenvalue weighted by Crippen LogP contribution is -2.37. The number of aromatic nitrogens is 2. The quantitative estimate of drug-likeness (QED) is 0.789. The lowest BCUT2D eigenvalue weighted by Gasteiger charge is -2.23. The van der Waals surface area contributed by atoms with Gasteiger partial charge in [0, 0.05) is 25.7 Å². The van der Waals surface area contributed by atoms with E-state index in [1.165, 1.54) is 0 Å². The van der Waals surface area contributed by atoms with E-state index in [1.807, 2.05) is 13.8 Å². The average molecular weight is 281 g/mol. The number of hydrogen-bond donors (Lipinski definition) is 2. The standard InChI is InChI=1S/C14H27N5O/c1-6-10(3)18(5)9-8-16-14(20)13-12(15)11(4)17-19(13)7-2/h10H,6-9,15H2,1-5H3,(H,16,20). The zero-order chi connectivity index (χ0) is 15.3. The van der Waals surface area contributed by atoms with E-state index in [2.05, 4.69) is 36.2 Å². The van der Waals surface area contributed by atoms with Crippen molar-refractivity contribution in [2.24, 2.45) is 0 Å². The highest BCUT2D eigenvalue weighted by Gasteiger charge is 2.18. The maximum Gasteiger partial charge on any atom is 0.271 e. The highest BCUT2D eigenvalue weighted by Crippen LogP contribution is 2.15. The van der Waals surface area contributed by atoms with Crippen LogP contribution in [0.25, 0.3) is 0 Å². The van der Waals surface area contributed by atoms with Gasteiger partial charge in [-0.25, -0.2) is 0 Å². The van der Waals surface area contributed by atoms with Crippen molar-refractivity contribution in [2.75, 3.05) is 25.9 Å². The Morgan fingerprint density at radius 3 is 2.70 bits per heavy atom. The summed E-state index contributed by atoms with van der Waals surface area (Å²) < 4.78 is 1.65. The summed E-state index contributed by atoms with van der Waals surface area (Å²) in [6.07, 6.45) is 1.10. The first kappa shape index (κ1) is 16.5. The minimum Gasteiger partial charge on any atom is -0.395 e. The summed E-state index contributed by atoms with van der Waals surface area (Å²) in [5.41, 5.74) is 7.57. The van der Waals surface area contributed by atoms with Crippen LogP contribution in [0.2, 0.25) is 0 Å². The molecule has 0 saturated carbocycles. The molecule has 1 atom stereocenters. The third-order valence-corrected chi connectivity index (χ3v) is 3.78. The molecule has 0 aliphatic carbocycles. The van der Waals surface area contributed by atoms with Gasteiger partial charge in [-0.15, -0.1) is 0 Å². The van der Waals surface area contributed by atoms with Crippen LogP contribution in [0.1, 0.15) is 43.4 Å². The molecule has 6 nitrogen and oxygen atoms in total. The summed E-state index contributed by atoms with van der Waals surface area (Å²) in [4.78, 5) is 14.4. The molecule has 1 aromatic rings. The second-order valence-corrected chi connectivity index (χ2v) is 5.16. The zero-order valence-corrected chi connectivity index (χ0v) is 13.2. The minimum absolute atomic E-state index is 0.150. The molecule has 1 amide bonds. The first-order chi connectivity index (χ1) is 9.42. The number of rotatable bonds is 7. The summed E-state index contributed by atoms with van der Waals surface area (Å²) >= 11 is 0. The molecule has 0 bridgehead atoms. The van der Waals surface area contributed by atoms with Crippen LogP contribution >= 0.6 is 0 Å². The Bertz CT molecular complexity index is 455. The van der Waals surface area contributed by atoms with Crippen molar-refractivity contribution in [3.63, 3.8) is 0 Å². The molecule has 0 saturated heterocycles. The number of carbonyl (C=O) groups excluding carboxylic acids is 1. The molecular formula is C14H27N5O. The Hall–Kier alpha value is -1.56. The van der Waals surface area contributed by atoms with Gasteiger partial charge in [0.25, 0.3) is 5.91 Å². The number of aryl methyl sites for hydroxylation is 2. The smallest absolute Gasteiger partial charge is 0.271 e. The molecule has 1 rings (SSSR count). The maximum atomic E-state index is 12.2. The summed E-state index contributed by atoms with van der Waals surface area (Å²) in [5.74, 6) is -0.150. The fourth-order valence-corrected chi connectivity index (χ4v) is 2.03. The highest BCUT2D eigenvalue weighted by atomic mass is 16.2. The van der Waals surface area contributed by atoms with E-state index in [4.69, 9.17) is 5.73 Å². The summed E-state index contributed by atoms with van der Waals surface area (Å²) in [5, 5.41) is 7.17. The van der Waals surface area contributed by atoms with E-state index < -0.39 is 0 Å². The van der Waals surface area contributed by atoms with Crippen molar-refractivity contribution in [2.45, 2.75) is 46.7 Å². The normalized spacial score (nSPS) is 12.7. The van der Waals surface area contributed by atoms with Gasteiger partial charge in [0.05, 0.1) is 11.4 Å². The molecule has 6 heteroatoms. The molecule has 1 heterocycles. The van der Waals surface area contributed by atoms with Crippen molar-refractivity contribution in [3.8, 4) is 0 Å². The molecule has 114 valence electrons. The van der Waals surface area contributed by atoms with Gasteiger partial charge in [-0.3, -0.25) is 9.48 Å². The van der Waals surface area contributed by atoms with Gasteiger partial charge in [-0.1, -0.05) is 6.92 Å². The monoisotopic (exact) mass is 281 g/mol. The topological polar surface area (TPSA) is 76.2 Å². The second-order valence-electron chi connectivity index (χ2n) is 5.16. The predicted molar refractivity (Wildman–Crippen MR) is 81.8 cm³/mol. The number of anilines is 1. The average Bonchev–Trinajstić information content (AvgIpc) is 2.72. The third-order valence-electron chi connectivity index (χ3n) is 3.78. The predicted octanol–water partition coefficient (Wildman–Crippen LogP) is 1.25. The first-order valence-electron chi connectivity index (χ1n) is 7.23. The van der Waals surface area contributed by atoms with Crippen LogP contribution in [0.5, 0.6) is 0 Å². The van der Waals surface area contributed by atoms with Crippen molar-refractivity contribution >= 4 is 11.6 Å². The van der Waals surface area contributed by atoms with E-state index in [-0.39, 0.29) is 5.91 Å². The molecule has 1 unspecified atom stereocenters. The number of nitrogens with zero attached hydrogens (tertiary/aromatic N) is 3. The molecule has 0 fully saturated rings. The van der Waals surface area contributed by atoms with Gasteiger partial charge in [0.2, 0.25) is 0 Å². The molecule has 3 N–H and O–H groups in total. The lowest BCUT2D eigenvalue weighted by molar-refractivity contribution is 0.0937. The Morgan fingerprint density at radius 2 is 2.15 bits per heavy atom. The number of nitrogen functional groups attached to an aromatic ring is 1. The third kappa shape index (κ3) is 3.72. The molecular weight excluding hydrogens is 254 g/mol. The van der Waals surface area contributed by atoms with Gasteiger partial charge < -0.3 is 16.0 Å². The highest BCUT2D eigenvalue weighted by molar-refractivity contribution is 5.97. The van der Waals surface area contributed by atoms with E-state index in [0.29, 0.717) is 36.2 Å². The van der Waals surface area contributed by atoms with Gasteiger partial charge in [0.15, 0.2) is 0 Å². The van der Waals surface area contributed by atoms with Gasteiger partial charge >= 0.3 is 0 Å². The summed E-state index contributed by atoms with van der Waals surface area (Å²) in [6.45, 7) is 10.1. The largest absolute Gasteiger partial charge is 0.395 e. The Kier molecular flexibility index (Phi) is 6.01. The number of carbonyl (C=O) groups is 1. The van der Waals surface area contributed by atoms with Crippen molar-refractivity contribution < 1.29 is 4.79 Å². The van der Waals surface area contributed by atoms with Crippen molar-refractivity contribution in [1.29, 1.82) is 0 Å². The second kappa shape index (κ2) is 7.28. The number of hydrogen-bond acceptors (Lipinski definition) is 4.